The molecule has 17 heavy (non-hydrogen) atoms. The molecule has 1 aromatic carbocycles. The first-order valence-electron chi connectivity index (χ1n) is 6.40. The van der Waals surface area contributed by atoms with Crippen molar-refractivity contribution >= 4 is 0 Å². The molecule has 2 rings (SSSR count). The molecule has 0 radical (unpaired) electrons. The number of terminal acetylenes is 1. The third-order valence-corrected chi connectivity index (χ3v) is 4.02. The number of hydrogen-bond donors (Lipinski definition) is 1. The van der Waals surface area contributed by atoms with E-state index in [9.17, 15) is 5.11 Å². The van der Waals surface area contributed by atoms with E-state index in [2.05, 4.69) is 37.1 Å². The van der Waals surface area contributed by atoms with Gasteiger partial charge in [0.2, 0.25) is 0 Å². The van der Waals surface area contributed by atoms with E-state index in [1.54, 1.807) is 0 Å². The largest absolute Gasteiger partial charge is 0.392 e. The summed E-state index contributed by atoms with van der Waals surface area (Å²) in [7, 11) is 0. The molecule has 0 spiro atoms. The summed E-state index contributed by atoms with van der Waals surface area (Å²) in [6.45, 7) is 2.20. The van der Waals surface area contributed by atoms with Gasteiger partial charge in [-0.3, -0.25) is 0 Å². The fourth-order valence-electron chi connectivity index (χ4n) is 3.02. The number of aliphatic hydroxyl groups is 1. The standard InChI is InChI=1S/C16H20O/c1-3-14-15(12(2)11-16(14)17)10-9-13-7-5-4-6-8-13/h1,4-8,12,14-17H,9-11H2,2H3/t12-,14-,15+,16-/m1/s1. The van der Waals surface area contributed by atoms with Gasteiger partial charge in [-0.15, -0.1) is 12.3 Å². The summed E-state index contributed by atoms with van der Waals surface area (Å²) in [5, 5.41) is 9.88. The SMILES string of the molecule is C#C[C@@H]1[C@@H](CCc2ccccc2)[C@H](C)C[C@H]1O. The Morgan fingerprint density at radius 3 is 2.71 bits per heavy atom. The van der Waals surface area contributed by atoms with Gasteiger partial charge in [-0.2, -0.15) is 0 Å². The van der Waals surface area contributed by atoms with E-state index < -0.39 is 0 Å². The Morgan fingerprint density at radius 1 is 1.35 bits per heavy atom. The van der Waals surface area contributed by atoms with Gasteiger partial charge < -0.3 is 5.11 Å². The normalized spacial score (nSPS) is 32.3. The fraction of sp³-hybridized carbons (Fsp3) is 0.500. The predicted molar refractivity (Wildman–Crippen MR) is 70.4 cm³/mol. The minimum atomic E-state index is -0.296. The molecule has 1 aromatic rings. The summed E-state index contributed by atoms with van der Waals surface area (Å²) >= 11 is 0. The lowest BCUT2D eigenvalue weighted by molar-refractivity contribution is 0.144. The fourth-order valence-corrected chi connectivity index (χ4v) is 3.02. The first-order valence-corrected chi connectivity index (χ1v) is 6.40. The summed E-state index contributed by atoms with van der Waals surface area (Å²) in [6.07, 6.45) is 8.23. The summed E-state index contributed by atoms with van der Waals surface area (Å²) in [5.74, 6) is 3.83. The quantitative estimate of drug-likeness (QED) is 0.789. The minimum Gasteiger partial charge on any atom is -0.392 e. The van der Waals surface area contributed by atoms with Gasteiger partial charge in [-0.25, -0.2) is 0 Å². The number of hydrogen-bond acceptors (Lipinski definition) is 1. The summed E-state index contributed by atoms with van der Waals surface area (Å²) in [5.41, 5.74) is 1.36. The molecule has 0 heterocycles. The predicted octanol–water partition coefficient (Wildman–Crippen LogP) is 2.89. The Bertz CT molecular complexity index is 390. The molecule has 1 heteroatoms. The van der Waals surface area contributed by atoms with E-state index in [0.717, 1.165) is 19.3 Å². The molecule has 4 atom stereocenters. The smallest absolute Gasteiger partial charge is 0.0682 e. The first-order chi connectivity index (χ1) is 8.22. The Labute approximate surface area is 104 Å². The van der Waals surface area contributed by atoms with Gasteiger partial charge in [-0.05, 0) is 36.7 Å². The highest BCUT2D eigenvalue weighted by Gasteiger charge is 2.38. The van der Waals surface area contributed by atoms with E-state index in [1.807, 2.05) is 6.07 Å². The van der Waals surface area contributed by atoms with E-state index in [4.69, 9.17) is 6.42 Å². The summed E-state index contributed by atoms with van der Waals surface area (Å²) in [4.78, 5) is 0. The molecule has 0 saturated heterocycles. The Morgan fingerprint density at radius 2 is 2.06 bits per heavy atom. The average molecular weight is 228 g/mol. The second kappa shape index (κ2) is 5.38. The topological polar surface area (TPSA) is 20.2 Å². The second-order valence-electron chi connectivity index (χ2n) is 5.16. The van der Waals surface area contributed by atoms with Crippen molar-refractivity contribution in [1.29, 1.82) is 0 Å². The van der Waals surface area contributed by atoms with Gasteiger partial charge >= 0.3 is 0 Å². The van der Waals surface area contributed by atoms with Crippen LogP contribution in [0.3, 0.4) is 0 Å². The van der Waals surface area contributed by atoms with Crippen LogP contribution in [0.1, 0.15) is 25.3 Å². The molecule has 1 aliphatic rings. The lowest BCUT2D eigenvalue weighted by Gasteiger charge is -2.19. The van der Waals surface area contributed by atoms with Crippen LogP contribution < -0.4 is 0 Å². The molecular weight excluding hydrogens is 208 g/mol. The van der Waals surface area contributed by atoms with Crippen LogP contribution in [0.4, 0.5) is 0 Å². The zero-order valence-corrected chi connectivity index (χ0v) is 10.3. The Hall–Kier alpha value is -1.26. The van der Waals surface area contributed by atoms with Gasteiger partial charge in [0.1, 0.15) is 0 Å². The third-order valence-electron chi connectivity index (χ3n) is 4.02. The van der Waals surface area contributed by atoms with Crippen molar-refractivity contribution in [1.82, 2.24) is 0 Å². The van der Waals surface area contributed by atoms with Crippen molar-refractivity contribution in [3.8, 4) is 12.3 Å². The first kappa shape index (κ1) is 12.2. The maximum absolute atomic E-state index is 9.88. The molecule has 1 aliphatic carbocycles. The minimum absolute atomic E-state index is 0.0497. The molecule has 1 fully saturated rings. The number of aryl methyl sites for hydroxylation is 1. The van der Waals surface area contributed by atoms with Crippen LogP contribution in [0.25, 0.3) is 0 Å². The lowest BCUT2D eigenvalue weighted by Crippen LogP contribution is -2.18. The molecular formula is C16H20O. The number of rotatable bonds is 3. The van der Waals surface area contributed by atoms with Crippen molar-refractivity contribution in [2.45, 2.75) is 32.3 Å². The van der Waals surface area contributed by atoms with Crippen molar-refractivity contribution in [2.24, 2.45) is 17.8 Å². The van der Waals surface area contributed by atoms with Crippen LogP contribution >= 0.6 is 0 Å². The number of aliphatic hydroxyl groups excluding tert-OH is 1. The van der Waals surface area contributed by atoms with E-state index >= 15 is 0 Å². The molecule has 1 saturated carbocycles. The van der Waals surface area contributed by atoms with Crippen LogP contribution in [-0.4, -0.2) is 11.2 Å². The zero-order chi connectivity index (χ0) is 12.3. The molecule has 1 N–H and O–H groups in total. The molecule has 0 amide bonds. The third kappa shape index (κ3) is 2.70. The van der Waals surface area contributed by atoms with Gasteiger partial charge in [0, 0.05) is 5.92 Å². The van der Waals surface area contributed by atoms with Crippen molar-refractivity contribution < 1.29 is 5.11 Å². The van der Waals surface area contributed by atoms with Crippen molar-refractivity contribution in [3.05, 3.63) is 35.9 Å². The lowest BCUT2D eigenvalue weighted by atomic mass is 9.85. The van der Waals surface area contributed by atoms with Gasteiger partial charge in [-0.1, -0.05) is 37.3 Å². The van der Waals surface area contributed by atoms with E-state index in [1.165, 1.54) is 5.56 Å². The summed E-state index contributed by atoms with van der Waals surface area (Å²) in [6, 6.07) is 10.5. The van der Waals surface area contributed by atoms with Crippen LogP contribution in [0.5, 0.6) is 0 Å². The van der Waals surface area contributed by atoms with E-state index in [0.29, 0.717) is 11.8 Å². The Balaban J connectivity index is 1.97. The molecule has 0 aromatic heterocycles. The zero-order valence-electron chi connectivity index (χ0n) is 10.3. The average Bonchev–Trinajstić information content (AvgIpc) is 2.62. The van der Waals surface area contributed by atoms with Crippen LogP contribution in [0, 0.1) is 30.1 Å². The van der Waals surface area contributed by atoms with Gasteiger partial charge in [0.25, 0.3) is 0 Å². The van der Waals surface area contributed by atoms with Crippen LogP contribution in [-0.2, 0) is 6.42 Å². The highest BCUT2D eigenvalue weighted by atomic mass is 16.3. The maximum Gasteiger partial charge on any atom is 0.0682 e. The van der Waals surface area contributed by atoms with Gasteiger partial charge in [0.15, 0.2) is 0 Å². The maximum atomic E-state index is 9.88. The van der Waals surface area contributed by atoms with Gasteiger partial charge in [0.05, 0.1) is 6.10 Å². The van der Waals surface area contributed by atoms with Crippen LogP contribution in [0.2, 0.25) is 0 Å². The van der Waals surface area contributed by atoms with Crippen molar-refractivity contribution in [2.75, 3.05) is 0 Å². The molecule has 0 aliphatic heterocycles. The summed E-state index contributed by atoms with van der Waals surface area (Å²) < 4.78 is 0. The van der Waals surface area contributed by atoms with E-state index in [-0.39, 0.29) is 12.0 Å². The highest BCUT2D eigenvalue weighted by Crippen LogP contribution is 2.39. The molecule has 1 nitrogen and oxygen atoms in total. The molecule has 0 unspecified atom stereocenters. The monoisotopic (exact) mass is 228 g/mol. The van der Waals surface area contributed by atoms with Crippen LogP contribution in [0.15, 0.2) is 30.3 Å². The Kier molecular flexibility index (Phi) is 3.86. The highest BCUT2D eigenvalue weighted by molar-refractivity contribution is 5.15. The second-order valence-corrected chi connectivity index (χ2v) is 5.16. The molecule has 90 valence electrons. The molecule has 0 bridgehead atoms. The van der Waals surface area contributed by atoms with Crippen molar-refractivity contribution in [3.63, 3.8) is 0 Å². The number of benzene rings is 1.